The standard InChI is InChI=1S/C16H19Cl2NO/c1-20-14-4-6-19-7-5-15(9-16(14,15)10-19)11-2-3-12(17)13(18)8-11/h2-3,8,14H,4-7,9-10H2,1H3/t14?,15-,16-/m1/s1. The second-order valence-electron chi connectivity index (χ2n) is 6.58. The molecule has 2 unspecified atom stereocenters. The summed E-state index contributed by atoms with van der Waals surface area (Å²) in [4.78, 5) is 2.60. The van der Waals surface area contributed by atoms with Crippen molar-refractivity contribution in [2.45, 2.75) is 30.8 Å². The third-order valence-electron chi connectivity index (χ3n) is 5.89. The summed E-state index contributed by atoms with van der Waals surface area (Å²) in [5, 5.41) is 1.32. The Morgan fingerprint density at radius 3 is 2.85 bits per heavy atom. The maximum absolute atomic E-state index is 6.24. The molecule has 4 atom stereocenters. The van der Waals surface area contributed by atoms with Gasteiger partial charge in [-0.25, -0.2) is 0 Å². The second-order valence-corrected chi connectivity index (χ2v) is 7.40. The minimum Gasteiger partial charge on any atom is -0.381 e. The molecule has 2 nitrogen and oxygen atoms in total. The maximum Gasteiger partial charge on any atom is 0.0660 e. The van der Waals surface area contributed by atoms with E-state index >= 15 is 0 Å². The van der Waals surface area contributed by atoms with Crippen molar-refractivity contribution in [3.05, 3.63) is 33.8 Å². The van der Waals surface area contributed by atoms with Crippen molar-refractivity contribution in [1.29, 1.82) is 0 Å². The molecule has 1 saturated carbocycles. The molecular weight excluding hydrogens is 293 g/mol. The van der Waals surface area contributed by atoms with E-state index in [1.54, 1.807) is 0 Å². The fourth-order valence-corrected chi connectivity index (χ4v) is 5.13. The number of hydrogen-bond donors (Lipinski definition) is 0. The lowest BCUT2D eigenvalue weighted by Gasteiger charge is -2.46. The van der Waals surface area contributed by atoms with Crippen LogP contribution >= 0.6 is 23.2 Å². The molecule has 4 heteroatoms. The molecule has 1 aliphatic carbocycles. The highest BCUT2D eigenvalue weighted by Crippen LogP contribution is 2.72. The van der Waals surface area contributed by atoms with E-state index in [1.807, 2.05) is 13.2 Å². The highest BCUT2D eigenvalue weighted by Gasteiger charge is 2.73. The molecule has 3 fully saturated rings. The molecule has 2 aliphatic heterocycles. The summed E-state index contributed by atoms with van der Waals surface area (Å²) in [7, 11) is 1.86. The molecule has 1 aromatic carbocycles. The summed E-state index contributed by atoms with van der Waals surface area (Å²) in [6.07, 6.45) is 3.98. The molecule has 2 bridgehead atoms. The van der Waals surface area contributed by atoms with Crippen LogP contribution in [-0.4, -0.2) is 37.7 Å². The molecule has 108 valence electrons. The van der Waals surface area contributed by atoms with Gasteiger partial charge in [0, 0.05) is 31.0 Å². The Bertz CT molecular complexity index is 563. The summed E-state index contributed by atoms with van der Waals surface area (Å²) in [5.41, 5.74) is 1.92. The Morgan fingerprint density at radius 2 is 2.10 bits per heavy atom. The topological polar surface area (TPSA) is 12.5 Å². The Hall–Kier alpha value is -0.280. The number of rotatable bonds is 2. The molecule has 20 heavy (non-hydrogen) atoms. The average Bonchev–Trinajstić information content (AvgIpc) is 3.11. The molecule has 0 amide bonds. The van der Waals surface area contributed by atoms with Gasteiger partial charge in [-0.05, 0) is 43.5 Å². The lowest BCUT2D eigenvalue weighted by molar-refractivity contribution is -0.0475. The summed E-state index contributed by atoms with van der Waals surface area (Å²) in [6, 6.07) is 6.19. The van der Waals surface area contributed by atoms with Gasteiger partial charge in [0.15, 0.2) is 0 Å². The fraction of sp³-hybridized carbons (Fsp3) is 0.625. The SMILES string of the molecule is COC1CCN2CC[C@]3(c4ccc(Cl)c(Cl)c4)C[C@@]13C2. The van der Waals surface area contributed by atoms with E-state index in [9.17, 15) is 0 Å². The van der Waals surface area contributed by atoms with Gasteiger partial charge in [-0.15, -0.1) is 0 Å². The summed E-state index contributed by atoms with van der Waals surface area (Å²) < 4.78 is 5.84. The van der Waals surface area contributed by atoms with Gasteiger partial charge in [-0.3, -0.25) is 0 Å². The van der Waals surface area contributed by atoms with Crippen molar-refractivity contribution in [2.24, 2.45) is 5.41 Å². The van der Waals surface area contributed by atoms with Gasteiger partial charge >= 0.3 is 0 Å². The predicted octanol–water partition coefficient (Wildman–Crippen LogP) is 3.75. The fourth-order valence-electron chi connectivity index (χ4n) is 4.83. The predicted molar refractivity (Wildman–Crippen MR) is 81.7 cm³/mol. The molecule has 1 aromatic rings. The van der Waals surface area contributed by atoms with Gasteiger partial charge in [0.25, 0.3) is 0 Å². The van der Waals surface area contributed by atoms with Crippen molar-refractivity contribution in [1.82, 2.24) is 4.90 Å². The number of hydrogen-bond acceptors (Lipinski definition) is 2. The van der Waals surface area contributed by atoms with Crippen molar-refractivity contribution in [2.75, 3.05) is 26.7 Å². The van der Waals surface area contributed by atoms with Gasteiger partial charge in [-0.1, -0.05) is 29.3 Å². The number of nitrogens with zero attached hydrogens (tertiary/aromatic N) is 1. The van der Waals surface area contributed by atoms with Crippen LogP contribution in [0.4, 0.5) is 0 Å². The Balaban J connectivity index is 1.76. The van der Waals surface area contributed by atoms with Crippen molar-refractivity contribution >= 4 is 23.2 Å². The van der Waals surface area contributed by atoms with Crippen LogP contribution in [0.1, 0.15) is 24.8 Å². The third-order valence-corrected chi connectivity index (χ3v) is 6.63. The second kappa shape index (κ2) is 4.36. The third kappa shape index (κ3) is 1.60. The van der Waals surface area contributed by atoms with E-state index in [0.29, 0.717) is 21.6 Å². The zero-order valence-electron chi connectivity index (χ0n) is 11.7. The number of fused-ring (bicyclic) bond motifs is 1. The first-order valence-corrected chi connectivity index (χ1v) is 8.08. The molecule has 2 heterocycles. The van der Waals surface area contributed by atoms with Gasteiger partial charge in [0.1, 0.15) is 0 Å². The zero-order valence-corrected chi connectivity index (χ0v) is 13.2. The smallest absolute Gasteiger partial charge is 0.0660 e. The largest absolute Gasteiger partial charge is 0.381 e. The van der Waals surface area contributed by atoms with Crippen LogP contribution in [0.15, 0.2) is 18.2 Å². The maximum atomic E-state index is 6.24. The van der Waals surface area contributed by atoms with Crippen molar-refractivity contribution < 1.29 is 4.74 Å². The van der Waals surface area contributed by atoms with Gasteiger partial charge in [0.05, 0.1) is 16.1 Å². The normalized spacial score (nSPS) is 42.1. The Kier molecular flexibility index (Phi) is 2.92. The first-order chi connectivity index (χ1) is 9.61. The monoisotopic (exact) mass is 311 g/mol. The lowest BCUT2D eigenvalue weighted by Crippen LogP contribution is -2.53. The van der Waals surface area contributed by atoms with E-state index in [0.717, 1.165) is 6.42 Å². The van der Waals surface area contributed by atoms with E-state index in [1.165, 1.54) is 38.0 Å². The van der Waals surface area contributed by atoms with Gasteiger partial charge in [0.2, 0.25) is 0 Å². The van der Waals surface area contributed by atoms with Crippen LogP contribution in [0.5, 0.6) is 0 Å². The molecular formula is C16H19Cl2NO. The minimum atomic E-state index is 0.263. The van der Waals surface area contributed by atoms with Crippen LogP contribution < -0.4 is 0 Å². The highest BCUT2D eigenvalue weighted by molar-refractivity contribution is 6.42. The molecule has 4 rings (SSSR count). The Labute approximate surface area is 130 Å². The number of ether oxygens (including phenoxy) is 1. The van der Waals surface area contributed by atoms with Gasteiger partial charge in [-0.2, -0.15) is 0 Å². The number of halogens is 2. The molecule has 1 spiro atoms. The molecule has 2 saturated heterocycles. The molecule has 3 aliphatic rings. The van der Waals surface area contributed by atoms with Crippen molar-refractivity contribution in [3.63, 3.8) is 0 Å². The van der Waals surface area contributed by atoms with E-state index in [-0.39, 0.29) is 5.41 Å². The van der Waals surface area contributed by atoms with Crippen LogP contribution in [0.25, 0.3) is 0 Å². The van der Waals surface area contributed by atoms with Crippen molar-refractivity contribution in [3.8, 4) is 0 Å². The number of methoxy groups -OCH3 is 1. The van der Waals surface area contributed by atoms with E-state index in [2.05, 4.69) is 17.0 Å². The molecule has 0 N–H and O–H groups in total. The quantitative estimate of drug-likeness (QED) is 0.825. The Morgan fingerprint density at radius 1 is 1.25 bits per heavy atom. The van der Waals surface area contributed by atoms with E-state index < -0.39 is 0 Å². The van der Waals surface area contributed by atoms with Crippen LogP contribution in [0.3, 0.4) is 0 Å². The zero-order chi connectivity index (χ0) is 14.0. The average molecular weight is 312 g/mol. The lowest BCUT2D eigenvalue weighted by atomic mass is 9.74. The van der Waals surface area contributed by atoms with Crippen LogP contribution in [0, 0.1) is 5.41 Å². The van der Waals surface area contributed by atoms with Crippen LogP contribution in [0.2, 0.25) is 10.0 Å². The molecule has 0 aromatic heterocycles. The number of benzene rings is 1. The number of piperidine rings is 2. The van der Waals surface area contributed by atoms with Gasteiger partial charge < -0.3 is 9.64 Å². The summed E-state index contributed by atoms with van der Waals surface area (Å²) >= 11 is 12.3. The minimum absolute atomic E-state index is 0.263. The first-order valence-electron chi connectivity index (χ1n) is 7.32. The summed E-state index contributed by atoms with van der Waals surface area (Å²) in [6.45, 7) is 3.54. The summed E-state index contributed by atoms with van der Waals surface area (Å²) in [5.74, 6) is 0. The van der Waals surface area contributed by atoms with E-state index in [4.69, 9.17) is 27.9 Å². The van der Waals surface area contributed by atoms with Crippen LogP contribution in [-0.2, 0) is 10.2 Å². The highest BCUT2D eigenvalue weighted by atomic mass is 35.5. The molecule has 0 radical (unpaired) electrons. The first kappa shape index (κ1) is 13.4.